The van der Waals surface area contributed by atoms with Crippen molar-refractivity contribution in [2.75, 3.05) is 18.4 Å². The van der Waals surface area contributed by atoms with Crippen molar-refractivity contribution < 1.29 is 14.0 Å². The SMILES string of the molecule is CCc1ccc(NC(=O)N2CCC[C@@](C)(C(=O)NCc3ccc(F)cc3)C2)cc1. The number of nitrogens with zero attached hydrogens (tertiary/aromatic N) is 1. The molecule has 0 bridgehead atoms. The predicted octanol–water partition coefficient (Wildman–Crippen LogP) is 4.34. The summed E-state index contributed by atoms with van der Waals surface area (Å²) in [5, 5.41) is 5.85. The first-order valence-electron chi connectivity index (χ1n) is 10.1. The van der Waals surface area contributed by atoms with Gasteiger partial charge in [0.15, 0.2) is 0 Å². The lowest BCUT2D eigenvalue weighted by Gasteiger charge is -2.39. The number of hydrogen-bond donors (Lipinski definition) is 2. The van der Waals surface area contributed by atoms with Gasteiger partial charge < -0.3 is 15.5 Å². The number of piperidine rings is 1. The number of carbonyl (C=O) groups is 2. The van der Waals surface area contributed by atoms with Crippen molar-refractivity contribution in [3.8, 4) is 0 Å². The van der Waals surface area contributed by atoms with E-state index in [1.165, 1.54) is 17.7 Å². The van der Waals surface area contributed by atoms with Crippen molar-refractivity contribution in [1.29, 1.82) is 0 Å². The van der Waals surface area contributed by atoms with Crippen LogP contribution in [0.25, 0.3) is 0 Å². The van der Waals surface area contributed by atoms with Crippen LogP contribution in [-0.2, 0) is 17.8 Å². The van der Waals surface area contributed by atoms with E-state index >= 15 is 0 Å². The first-order chi connectivity index (χ1) is 13.9. The number of hydrogen-bond acceptors (Lipinski definition) is 2. The lowest BCUT2D eigenvalue weighted by Crippen LogP contribution is -2.52. The van der Waals surface area contributed by atoms with Gasteiger partial charge in [0.05, 0.1) is 5.41 Å². The minimum Gasteiger partial charge on any atom is -0.351 e. The molecule has 0 aliphatic carbocycles. The third kappa shape index (κ3) is 5.34. The molecule has 0 aromatic heterocycles. The number of carbonyl (C=O) groups excluding carboxylic acids is 2. The Morgan fingerprint density at radius 3 is 2.38 bits per heavy atom. The summed E-state index contributed by atoms with van der Waals surface area (Å²) in [4.78, 5) is 27.2. The molecule has 0 saturated carbocycles. The summed E-state index contributed by atoms with van der Waals surface area (Å²) >= 11 is 0. The summed E-state index contributed by atoms with van der Waals surface area (Å²) in [6.45, 7) is 5.30. The number of aryl methyl sites for hydroxylation is 1. The summed E-state index contributed by atoms with van der Waals surface area (Å²) in [6, 6.07) is 13.7. The Hall–Kier alpha value is -2.89. The van der Waals surface area contributed by atoms with Crippen molar-refractivity contribution in [2.45, 2.75) is 39.7 Å². The molecule has 6 heteroatoms. The van der Waals surface area contributed by atoms with E-state index in [2.05, 4.69) is 17.6 Å². The van der Waals surface area contributed by atoms with Crippen LogP contribution in [0.4, 0.5) is 14.9 Å². The van der Waals surface area contributed by atoms with Crippen LogP contribution in [0.5, 0.6) is 0 Å². The number of rotatable bonds is 5. The van der Waals surface area contributed by atoms with Crippen molar-refractivity contribution >= 4 is 17.6 Å². The van der Waals surface area contributed by atoms with Gasteiger partial charge in [0.2, 0.25) is 5.91 Å². The molecule has 2 N–H and O–H groups in total. The Kier molecular flexibility index (Phi) is 6.52. The smallest absolute Gasteiger partial charge is 0.321 e. The number of anilines is 1. The molecule has 154 valence electrons. The van der Waals surface area contributed by atoms with Crippen molar-refractivity contribution in [3.05, 3.63) is 65.5 Å². The first-order valence-corrected chi connectivity index (χ1v) is 10.1. The molecule has 1 fully saturated rings. The van der Waals surface area contributed by atoms with Gasteiger partial charge in [-0.15, -0.1) is 0 Å². The molecule has 29 heavy (non-hydrogen) atoms. The lowest BCUT2D eigenvalue weighted by atomic mass is 9.81. The maximum absolute atomic E-state index is 13.0. The van der Waals surface area contributed by atoms with E-state index in [1.807, 2.05) is 31.2 Å². The normalized spacial score (nSPS) is 18.9. The van der Waals surface area contributed by atoms with Crippen molar-refractivity contribution in [1.82, 2.24) is 10.2 Å². The summed E-state index contributed by atoms with van der Waals surface area (Å²) in [5.74, 6) is -0.392. The van der Waals surface area contributed by atoms with E-state index in [-0.39, 0.29) is 17.8 Å². The molecule has 1 heterocycles. The van der Waals surface area contributed by atoms with E-state index in [0.717, 1.165) is 30.5 Å². The summed E-state index contributed by atoms with van der Waals surface area (Å²) in [6.07, 6.45) is 2.44. The zero-order valence-corrected chi connectivity index (χ0v) is 17.0. The van der Waals surface area contributed by atoms with Gasteiger partial charge in [-0.2, -0.15) is 0 Å². The highest BCUT2D eigenvalue weighted by Crippen LogP contribution is 2.30. The second kappa shape index (κ2) is 9.07. The number of halogens is 1. The summed E-state index contributed by atoms with van der Waals surface area (Å²) < 4.78 is 13.0. The zero-order valence-electron chi connectivity index (χ0n) is 17.0. The first kappa shape index (κ1) is 20.8. The van der Waals surface area contributed by atoms with Crippen LogP contribution < -0.4 is 10.6 Å². The van der Waals surface area contributed by atoms with Crippen LogP contribution in [0.15, 0.2) is 48.5 Å². The predicted molar refractivity (Wildman–Crippen MR) is 112 cm³/mol. The Morgan fingerprint density at radius 2 is 1.72 bits per heavy atom. The van der Waals surface area contributed by atoms with Crippen molar-refractivity contribution in [3.63, 3.8) is 0 Å². The minimum absolute atomic E-state index is 0.0911. The monoisotopic (exact) mass is 397 g/mol. The lowest BCUT2D eigenvalue weighted by molar-refractivity contribution is -0.132. The maximum atomic E-state index is 13.0. The number of benzene rings is 2. The molecule has 0 spiro atoms. The number of urea groups is 1. The molecule has 1 atom stereocenters. The highest BCUT2D eigenvalue weighted by molar-refractivity contribution is 5.90. The van der Waals surface area contributed by atoms with E-state index in [4.69, 9.17) is 0 Å². The van der Waals surface area contributed by atoms with Gasteiger partial charge >= 0.3 is 6.03 Å². The van der Waals surface area contributed by atoms with Crippen LogP contribution >= 0.6 is 0 Å². The molecular weight excluding hydrogens is 369 g/mol. The zero-order chi connectivity index (χ0) is 20.9. The van der Waals surface area contributed by atoms with Crippen LogP contribution in [0, 0.1) is 11.2 Å². The van der Waals surface area contributed by atoms with Gasteiger partial charge in [-0.1, -0.05) is 31.2 Å². The topological polar surface area (TPSA) is 61.4 Å². The van der Waals surface area contributed by atoms with Crippen LogP contribution in [-0.4, -0.2) is 29.9 Å². The average molecular weight is 397 g/mol. The minimum atomic E-state index is -0.651. The third-order valence-electron chi connectivity index (χ3n) is 5.51. The van der Waals surface area contributed by atoms with Crippen LogP contribution in [0.1, 0.15) is 37.8 Å². The Labute approximate surface area is 171 Å². The molecule has 3 amide bonds. The molecule has 1 saturated heterocycles. The molecule has 0 radical (unpaired) electrons. The fourth-order valence-electron chi connectivity index (χ4n) is 3.62. The van der Waals surface area contributed by atoms with E-state index in [9.17, 15) is 14.0 Å². The molecule has 3 rings (SSSR count). The van der Waals surface area contributed by atoms with Gasteiger partial charge in [0.25, 0.3) is 0 Å². The van der Waals surface area contributed by atoms with Crippen LogP contribution in [0.3, 0.4) is 0 Å². The Balaban J connectivity index is 1.57. The molecule has 0 unspecified atom stereocenters. The Bertz CT molecular complexity index is 851. The van der Waals surface area contributed by atoms with Crippen molar-refractivity contribution in [2.24, 2.45) is 5.41 Å². The quantitative estimate of drug-likeness (QED) is 0.788. The van der Waals surface area contributed by atoms with Crippen LogP contribution in [0.2, 0.25) is 0 Å². The second-order valence-electron chi connectivity index (χ2n) is 7.88. The van der Waals surface area contributed by atoms with E-state index in [1.54, 1.807) is 17.0 Å². The highest BCUT2D eigenvalue weighted by Gasteiger charge is 2.39. The largest absolute Gasteiger partial charge is 0.351 e. The number of amides is 3. The molecule has 5 nitrogen and oxygen atoms in total. The molecule has 2 aromatic carbocycles. The molecule has 1 aliphatic rings. The van der Waals surface area contributed by atoms with E-state index in [0.29, 0.717) is 19.6 Å². The molecule has 2 aromatic rings. The average Bonchev–Trinajstić information content (AvgIpc) is 2.73. The van der Waals surface area contributed by atoms with E-state index < -0.39 is 5.41 Å². The third-order valence-corrected chi connectivity index (χ3v) is 5.51. The fraction of sp³-hybridized carbons (Fsp3) is 0.391. The van der Waals surface area contributed by atoms with Gasteiger partial charge in [-0.05, 0) is 61.6 Å². The van der Waals surface area contributed by atoms with Gasteiger partial charge in [-0.3, -0.25) is 4.79 Å². The highest BCUT2D eigenvalue weighted by atomic mass is 19.1. The standard InChI is InChI=1S/C23H28FN3O2/c1-3-17-7-11-20(12-8-17)26-22(29)27-14-4-13-23(2,16-27)21(28)25-15-18-5-9-19(24)10-6-18/h5-12H,3-4,13-16H2,1-2H3,(H,25,28)(H,26,29)/t23-/m1/s1. The Morgan fingerprint density at radius 1 is 1.07 bits per heavy atom. The molecule has 1 aliphatic heterocycles. The van der Waals surface area contributed by atoms with Gasteiger partial charge in [0, 0.05) is 25.3 Å². The number of likely N-dealkylation sites (tertiary alicyclic amines) is 1. The fourth-order valence-corrected chi connectivity index (χ4v) is 3.62. The van der Waals surface area contributed by atoms with Gasteiger partial charge in [0.1, 0.15) is 5.82 Å². The summed E-state index contributed by atoms with van der Waals surface area (Å²) in [7, 11) is 0. The maximum Gasteiger partial charge on any atom is 0.321 e. The summed E-state index contributed by atoms with van der Waals surface area (Å²) in [5.41, 5.74) is 2.15. The second-order valence-corrected chi connectivity index (χ2v) is 7.88. The number of nitrogens with one attached hydrogen (secondary N) is 2. The molecular formula is C23H28FN3O2. The van der Waals surface area contributed by atoms with Gasteiger partial charge in [-0.25, -0.2) is 9.18 Å².